The fraction of sp³-hybridized carbons (Fsp3) is 0.364. The number of hydrogen-bond donors (Lipinski definition) is 2. The van der Waals surface area contributed by atoms with Crippen molar-refractivity contribution < 1.29 is 9.59 Å². The highest BCUT2D eigenvalue weighted by atomic mass is 16.2. The summed E-state index contributed by atoms with van der Waals surface area (Å²) in [5.74, 6) is -0.00623. The quantitative estimate of drug-likeness (QED) is 0.700. The van der Waals surface area contributed by atoms with E-state index in [2.05, 4.69) is 20.7 Å². The fourth-order valence-corrected chi connectivity index (χ4v) is 3.82. The maximum absolute atomic E-state index is 12.7. The van der Waals surface area contributed by atoms with Gasteiger partial charge >= 0.3 is 0 Å². The summed E-state index contributed by atoms with van der Waals surface area (Å²) in [5.41, 5.74) is 2.02. The highest BCUT2D eigenvalue weighted by molar-refractivity contribution is 6.05. The Bertz CT molecular complexity index is 1050. The number of carbonyl (C=O) groups is 2. The lowest BCUT2D eigenvalue weighted by atomic mass is 9.94. The van der Waals surface area contributed by atoms with Crippen LogP contribution in [0.1, 0.15) is 46.8 Å². The first kappa shape index (κ1) is 19.1. The normalized spacial score (nSPS) is 15.9. The van der Waals surface area contributed by atoms with Gasteiger partial charge in [-0.25, -0.2) is 0 Å². The first-order valence-electron chi connectivity index (χ1n) is 10.0. The first-order chi connectivity index (χ1) is 14.0. The van der Waals surface area contributed by atoms with Crippen LogP contribution in [-0.4, -0.2) is 39.2 Å². The van der Waals surface area contributed by atoms with Gasteiger partial charge in [-0.1, -0.05) is 24.3 Å². The zero-order chi connectivity index (χ0) is 20.4. The second-order valence-electron chi connectivity index (χ2n) is 7.81. The third kappa shape index (κ3) is 3.99. The molecule has 0 aliphatic carbocycles. The molecular formula is C22H25N5O2. The van der Waals surface area contributed by atoms with Crippen molar-refractivity contribution >= 4 is 22.6 Å². The Hall–Kier alpha value is -3.22. The van der Waals surface area contributed by atoms with E-state index in [0.29, 0.717) is 24.2 Å². The number of carbonyl (C=O) groups excluding carboxylic acids is 2. The predicted octanol–water partition coefficient (Wildman–Crippen LogP) is 2.56. The van der Waals surface area contributed by atoms with Crippen LogP contribution in [0.5, 0.6) is 0 Å². The Morgan fingerprint density at radius 3 is 2.86 bits per heavy atom. The summed E-state index contributed by atoms with van der Waals surface area (Å²) in [6.07, 6.45) is 4.93. The average molecular weight is 391 g/mol. The van der Waals surface area contributed by atoms with E-state index in [-0.39, 0.29) is 23.8 Å². The molecule has 0 fully saturated rings. The number of rotatable bonds is 5. The molecule has 3 aromatic rings. The smallest absolute Gasteiger partial charge is 0.270 e. The molecule has 1 aromatic carbocycles. The molecule has 4 rings (SSSR count). The first-order valence-corrected chi connectivity index (χ1v) is 10.0. The standard InChI is InChI=1S/C22H25N5O2/c1-14(2)26-21(28)18-13-25-27-10-8-15(11-19(18)27)12-24-22(29)20-17-6-4-3-5-16(17)7-9-23-20/h3-7,9,13-15H,8,10-12H2,1-2H3,(H,24,29)(H,26,28)/t15-/m0/s1. The predicted molar refractivity (Wildman–Crippen MR) is 111 cm³/mol. The average Bonchev–Trinajstić information content (AvgIpc) is 3.14. The third-order valence-corrected chi connectivity index (χ3v) is 5.28. The largest absolute Gasteiger partial charge is 0.350 e. The minimum Gasteiger partial charge on any atom is -0.350 e. The van der Waals surface area contributed by atoms with Crippen LogP contribution < -0.4 is 10.6 Å². The molecule has 0 unspecified atom stereocenters. The van der Waals surface area contributed by atoms with E-state index < -0.39 is 0 Å². The summed E-state index contributed by atoms with van der Waals surface area (Å²) in [6, 6.07) is 9.72. The van der Waals surface area contributed by atoms with Crippen molar-refractivity contribution in [1.29, 1.82) is 0 Å². The Morgan fingerprint density at radius 2 is 2.03 bits per heavy atom. The topological polar surface area (TPSA) is 88.9 Å². The molecule has 3 heterocycles. The summed E-state index contributed by atoms with van der Waals surface area (Å²) in [6.45, 7) is 5.17. The van der Waals surface area contributed by atoms with Crippen LogP contribution in [0.4, 0.5) is 0 Å². The second kappa shape index (κ2) is 8.03. The number of benzene rings is 1. The van der Waals surface area contributed by atoms with Gasteiger partial charge in [0.15, 0.2) is 0 Å². The maximum atomic E-state index is 12.7. The van der Waals surface area contributed by atoms with E-state index in [0.717, 1.165) is 29.4 Å². The van der Waals surface area contributed by atoms with Crippen molar-refractivity contribution in [3.8, 4) is 0 Å². The minimum absolute atomic E-state index is 0.0740. The van der Waals surface area contributed by atoms with Gasteiger partial charge in [0.25, 0.3) is 11.8 Å². The molecule has 1 aliphatic heterocycles. The Balaban J connectivity index is 1.44. The monoisotopic (exact) mass is 391 g/mol. The van der Waals surface area contributed by atoms with Crippen molar-refractivity contribution in [1.82, 2.24) is 25.4 Å². The van der Waals surface area contributed by atoms with Gasteiger partial charge in [-0.15, -0.1) is 0 Å². The second-order valence-corrected chi connectivity index (χ2v) is 7.81. The molecule has 0 radical (unpaired) electrons. The summed E-state index contributed by atoms with van der Waals surface area (Å²) in [7, 11) is 0. The van der Waals surface area contributed by atoms with Crippen LogP contribution in [0.25, 0.3) is 10.8 Å². The van der Waals surface area contributed by atoms with Gasteiger partial charge in [0.1, 0.15) is 5.69 Å². The van der Waals surface area contributed by atoms with Crippen molar-refractivity contribution in [2.75, 3.05) is 6.54 Å². The van der Waals surface area contributed by atoms with Gasteiger partial charge in [-0.2, -0.15) is 5.10 Å². The van der Waals surface area contributed by atoms with Crippen molar-refractivity contribution in [2.45, 2.75) is 39.3 Å². The van der Waals surface area contributed by atoms with Gasteiger partial charge in [0.2, 0.25) is 0 Å². The number of nitrogens with one attached hydrogen (secondary N) is 2. The van der Waals surface area contributed by atoms with Crippen LogP contribution in [0.3, 0.4) is 0 Å². The minimum atomic E-state index is -0.168. The molecule has 2 amide bonds. The molecule has 0 spiro atoms. The molecule has 0 saturated carbocycles. The zero-order valence-electron chi connectivity index (χ0n) is 16.7. The lowest BCUT2D eigenvalue weighted by Crippen LogP contribution is -2.35. The van der Waals surface area contributed by atoms with Crippen LogP contribution in [0.15, 0.2) is 42.7 Å². The molecule has 1 aliphatic rings. The fourth-order valence-electron chi connectivity index (χ4n) is 3.82. The van der Waals surface area contributed by atoms with E-state index in [1.165, 1.54) is 0 Å². The van der Waals surface area contributed by atoms with Gasteiger partial charge in [0, 0.05) is 30.7 Å². The Kier molecular flexibility index (Phi) is 5.29. The Labute approximate surface area is 169 Å². The molecule has 0 bridgehead atoms. The highest BCUT2D eigenvalue weighted by Gasteiger charge is 2.26. The van der Waals surface area contributed by atoms with E-state index >= 15 is 0 Å². The van der Waals surface area contributed by atoms with Gasteiger partial charge in [-0.05, 0) is 44.1 Å². The molecular weight excluding hydrogens is 366 g/mol. The number of hydrogen-bond acceptors (Lipinski definition) is 4. The zero-order valence-corrected chi connectivity index (χ0v) is 16.7. The number of nitrogens with zero attached hydrogens (tertiary/aromatic N) is 3. The van der Waals surface area contributed by atoms with Crippen LogP contribution in [-0.2, 0) is 13.0 Å². The molecule has 0 saturated heterocycles. The molecule has 2 aromatic heterocycles. The van der Waals surface area contributed by atoms with E-state index in [1.54, 1.807) is 12.4 Å². The molecule has 1 atom stereocenters. The highest BCUT2D eigenvalue weighted by Crippen LogP contribution is 2.23. The summed E-state index contributed by atoms with van der Waals surface area (Å²) >= 11 is 0. The lowest BCUT2D eigenvalue weighted by Gasteiger charge is -2.24. The number of aryl methyl sites for hydroxylation is 1. The molecule has 29 heavy (non-hydrogen) atoms. The van der Waals surface area contributed by atoms with E-state index in [4.69, 9.17) is 0 Å². The molecule has 7 nitrogen and oxygen atoms in total. The van der Waals surface area contributed by atoms with E-state index in [9.17, 15) is 9.59 Å². The summed E-state index contributed by atoms with van der Waals surface area (Å²) in [5, 5.41) is 12.2. The van der Waals surface area contributed by atoms with Gasteiger partial charge in [0.05, 0.1) is 17.5 Å². The number of amides is 2. The van der Waals surface area contributed by atoms with Crippen LogP contribution in [0.2, 0.25) is 0 Å². The molecule has 2 N–H and O–H groups in total. The van der Waals surface area contributed by atoms with Gasteiger partial charge in [-0.3, -0.25) is 19.3 Å². The SMILES string of the molecule is CC(C)NC(=O)c1cnn2c1C[C@@H](CNC(=O)c1nccc3ccccc13)CC2. The van der Waals surface area contributed by atoms with Crippen LogP contribution in [0, 0.1) is 5.92 Å². The van der Waals surface area contributed by atoms with Crippen LogP contribution >= 0.6 is 0 Å². The van der Waals surface area contributed by atoms with Gasteiger partial charge < -0.3 is 10.6 Å². The third-order valence-electron chi connectivity index (χ3n) is 5.28. The molecule has 150 valence electrons. The lowest BCUT2D eigenvalue weighted by molar-refractivity contribution is 0.0928. The maximum Gasteiger partial charge on any atom is 0.270 e. The number of pyridine rings is 1. The van der Waals surface area contributed by atoms with Crippen molar-refractivity contribution in [3.63, 3.8) is 0 Å². The van der Waals surface area contributed by atoms with E-state index in [1.807, 2.05) is 48.9 Å². The number of aromatic nitrogens is 3. The summed E-state index contributed by atoms with van der Waals surface area (Å²) in [4.78, 5) is 29.5. The van der Waals surface area contributed by atoms with Crippen molar-refractivity contribution in [3.05, 3.63) is 59.7 Å². The molecule has 7 heteroatoms. The van der Waals surface area contributed by atoms with Crippen molar-refractivity contribution in [2.24, 2.45) is 5.92 Å². The summed E-state index contributed by atoms with van der Waals surface area (Å²) < 4.78 is 1.90. The Morgan fingerprint density at radius 1 is 1.21 bits per heavy atom. The number of fused-ring (bicyclic) bond motifs is 2.